The van der Waals surface area contributed by atoms with E-state index in [2.05, 4.69) is 11.4 Å². The van der Waals surface area contributed by atoms with E-state index in [9.17, 15) is 22.8 Å². The van der Waals surface area contributed by atoms with E-state index in [4.69, 9.17) is 0 Å². The van der Waals surface area contributed by atoms with Crippen molar-refractivity contribution in [2.45, 2.75) is 36.6 Å². The summed E-state index contributed by atoms with van der Waals surface area (Å²) in [5, 5.41) is 2.97. The fourth-order valence-electron chi connectivity index (χ4n) is 4.27. The second kappa shape index (κ2) is 8.38. The second-order valence-corrected chi connectivity index (χ2v) is 10.3. The van der Waals surface area contributed by atoms with Gasteiger partial charge < -0.3 is 14.5 Å². The van der Waals surface area contributed by atoms with Crippen LogP contribution < -0.4 is 16.4 Å². The zero-order chi connectivity index (χ0) is 23.0. The number of aromatic nitrogens is 2. The molecule has 0 fully saturated rings. The number of carbonyl (C=O) groups excluding carboxylic acids is 1. The highest BCUT2D eigenvalue weighted by atomic mass is 32.2. The van der Waals surface area contributed by atoms with E-state index >= 15 is 0 Å². The van der Waals surface area contributed by atoms with Gasteiger partial charge in [-0.2, -0.15) is 0 Å². The van der Waals surface area contributed by atoms with Gasteiger partial charge in [0, 0.05) is 20.5 Å². The van der Waals surface area contributed by atoms with Crippen LogP contribution in [-0.4, -0.2) is 29.2 Å². The fraction of sp³-hybridized carbons (Fsp3) is 0.348. The SMILES string of the molecule is Cn1c(=O)c(=O)n(C)c2cc(S(=O)(=O)CCC(=O)N[C@@H]3CCCc4ccccc43)ccc21. The number of rotatable bonds is 5. The first-order valence-corrected chi connectivity index (χ1v) is 12.1. The standard InChI is InChI=1S/C23H25N3O5S/c1-25-19-11-10-16(14-20(19)26(2)23(29)22(25)28)32(30,31)13-12-21(27)24-18-9-5-7-15-6-3-4-8-17(15)18/h3-4,6,8,10-11,14,18H,5,7,9,12-13H2,1-2H3,(H,24,27)/t18-/m1/s1. The molecule has 1 atom stereocenters. The summed E-state index contributed by atoms with van der Waals surface area (Å²) in [7, 11) is -0.870. The number of carbonyl (C=O) groups is 1. The summed E-state index contributed by atoms with van der Waals surface area (Å²) < 4.78 is 28.1. The first-order chi connectivity index (χ1) is 15.2. The summed E-state index contributed by atoms with van der Waals surface area (Å²) in [5.74, 6) is -0.663. The van der Waals surface area contributed by atoms with Crippen molar-refractivity contribution in [2.24, 2.45) is 14.1 Å². The number of hydrogen-bond donors (Lipinski definition) is 1. The molecule has 9 heteroatoms. The van der Waals surface area contributed by atoms with Crippen molar-refractivity contribution in [2.75, 3.05) is 5.75 Å². The van der Waals surface area contributed by atoms with Crippen molar-refractivity contribution >= 4 is 26.8 Å². The molecule has 1 N–H and O–H groups in total. The summed E-state index contributed by atoms with van der Waals surface area (Å²) in [5.41, 5.74) is 1.67. The first kappa shape index (κ1) is 22.0. The Morgan fingerprint density at radius 1 is 1.03 bits per heavy atom. The van der Waals surface area contributed by atoms with Crippen molar-refractivity contribution < 1.29 is 13.2 Å². The molecule has 0 saturated heterocycles. The van der Waals surface area contributed by atoms with Gasteiger partial charge in [-0.1, -0.05) is 24.3 Å². The topological polar surface area (TPSA) is 107 Å². The third kappa shape index (κ3) is 4.00. The van der Waals surface area contributed by atoms with E-state index in [1.54, 1.807) is 0 Å². The summed E-state index contributed by atoms with van der Waals surface area (Å²) in [6, 6.07) is 12.2. The molecule has 0 unspecified atom stereocenters. The van der Waals surface area contributed by atoms with Gasteiger partial charge in [0.25, 0.3) is 0 Å². The molecule has 0 saturated carbocycles. The number of sulfone groups is 1. The van der Waals surface area contributed by atoms with Crippen molar-refractivity contribution in [3.05, 3.63) is 74.3 Å². The van der Waals surface area contributed by atoms with Gasteiger partial charge in [-0.15, -0.1) is 0 Å². The van der Waals surface area contributed by atoms with Crippen LogP contribution in [0.5, 0.6) is 0 Å². The van der Waals surface area contributed by atoms with Gasteiger partial charge in [-0.25, -0.2) is 8.42 Å². The number of benzene rings is 2. The molecular formula is C23H25N3O5S. The van der Waals surface area contributed by atoms with Crippen LogP contribution in [0.4, 0.5) is 0 Å². The Morgan fingerprint density at radius 2 is 1.72 bits per heavy atom. The zero-order valence-corrected chi connectivity index (χ0v) is 18.8. The van der Waals surface area contributed by atoms with E-state index in [0.717, 1.165) is 29.4 Å². The number of nitrogens with one attached hydrogen (secondary N) is 1. The Hall–Kier alpha value is -3.20. The highest BCUT2D eigenvalue weighted by molar-refractivity contribution is 7.91. The van der Waals surface area contributed by atoms with Gasteiger partial charge in [0.1, 0.15) is 0 Å². The number of fused-ring (bicyclic) bond motifs is 2. The molecule has 1 aliphatic rings. The first-order valence-electron chi connectivity index (χ1n) is 10.5. The van der Waals surface area contributed by atoms with Crippen LogP contribution in [0.15, 0.2) is 56.9 Å². The third-order valence-corrected chi connectivity index (χ3v) is 7.84. The minimum absolute atomic E-state index is 0.00876. The van der Waals surface area contributed by atoms with Gasteiger partial charge in [0.15, 0.2) is 9.84 Å². The third-order valence-electron chi connectivity index (χ3n) is 6.12. The molecule has 8 nitrogen and oxygen atoms in total. The maximum Gasteiger partial charge on any atom is 0.316 e. The molecular weight excluding hydrogens is 430 g/mol. The Labute approximate surface area is 185 Å². The van der Waals surface area contributed by atoms with Gasteiger partial charge >= 0.3 is 11.1 Å². The molecule has 1 heterocycles. The van der Waals surface area contributed by atoms with E-state index in [1.807, 2.05) is 18.2 Å². The van der Waals surface area contributed by atoms with E-state index < -0.39 is 21.0 Å². The highest BCUT2D eigenvalue weighted by Gasteiger charge is 2.23. The molecule has 1 amide bonds. The van der Waals surface area contributed by atoms with Gasteiger partial charge in [0.2, 0.25) is 5.91 Å². The maximum absolute atomic E-state index is 12.9. The number of hydrogen-bond acceptors (Lipinski definition) is 5. The molecule has 0 aliphatic heterocycles. The monoisotopic (exact) mass is 455 g/mol. The molecule has 0 bridgehead atoms. The summed E-state index contributed by atoms with van der Waals surface area (Å²) >= 11 is 0. The van der Waals surface area contributed by atoms with Gasteiger partial charge in [-0.05, 0) is 48.6 Å². The fourth-order valence-corrected chi connectivity index (χ4v) is 5.53. The van der Waals surface area contributed by atoms with Crippen molar-refractivity contribution in [1.82, 2.24) is 14.5 Å². The molecule has 1 aromatic heterocycles. The Morgan fingerprint density at radius 3 is 2.47 bits per heavy atom. The molecule has 2 aromatic carbocycles. The van der Waals surface area contributed by atoms with Gasteiger partial charge in [-0.3, -0.25) is 14.4 Å². The molecule has 168 valence electrons. The average Bonchev–Trinajstić information content (AvgIpc) is 2.80. The minimum Gasteiger partial charge on any atom is -0.349 e. The van der Waals surface area contributed by atoms with Crippen LogP contribution in [0.3, 0.4) is 0 Å². The summed E-state index contributed by atoms with van der Waals surface area (Å²) in [4.78, 5) is 36.6. The molecule has 1 aliphatic carbocycles. The van der Waals surface area contributed by atoms with Crippen LogP contribution in [0.1, 0.15) is 36.4 Å². The molecule has 4 rings (SSSR count). The largest absolute Gasteiger partial charge is 0.349 e. The van der Waals surface area contributed by atoms with Crippen molar-refractivity contribution in [3.8, 4) is 0 Å². The molecule has 32 heavy (non-hydrogen) atoms. The lowest BCUT2D eigenvalue weighted by Gasteiger charge is -2.26. The van der Waals surface area contributed by atoms with Crippen LogP contribution in [0.2, 0.25) is 0 Å². The average molecular weight is 456 g/mol. The predicted octanol–water partition coefficient (Wildman–Crippen LogP) is 1.59. The van der Waals surface area contributed by atoms with Crippen molar-refractivity contribution in [1.29, 1.82) is 0 Å². The Kier molecular flexibility index (Phi) is 5.77. The smallest absolute Gasteiger partial charge is 0.316 e. The van der Waals surface area contributed by atoms with E-state index in [-0.39, 0.29) is 29.0 Å². The molecule has 3 aromatic rings. The quantitative estimate of drug-likeness (QED) is 0.588. The Balaban J connectivity index is 1.52. The number of amides is 1. The number of nitrogens with zero attached hydrogens (tertiary/aromatic N) is 2. The molecule has 0 radical (unpaired) electrons. The molecule has 0 spiro atoms. The van der Waals surface area contributed by atoms with E-state index in [0.29, 0.717) is 11.0 Å². The van der Waals surface area contributed by atoms with Crippen LogP contribution in [0.25, 0.3) is 11.0 Å². The maximum atomic E-state index is 12.9. The minimum atomic E-state index is -3.76. The summed E-state index contributed by atoms with van der Waals surface area (Å²) in [6.45, 7) is 0. The predicted molar refractivity (Wildman–Crippen MR) is 121 cm³/mol. The van der Waals surface area contributed by atoms with Gasteiger partial charge in [0.05, 0.1) is 27.7 Å². The number of aryl methyl sites for hydroxylation is 3. The lowest BCUT2D eigenvalue weighted by atomic mass is 9.88. The second-order valence-electron chi connectivity index (χ2n) is 8.16. The summed E-state index contributed by atoms with van der Waals surface area (Å²) in [6.07, 6.45) is 2.61. The normalized spacial score (nSPS) is 16.0. The van der Waals surface area contributed by atoms with Crippen LogP contribution >= 0.6 is 0 Å². The van der Waals surface area contributed by atoms with Crippen LogP contribution in [0, 0.1) is 0 Å². The van der Waals surface area contributed by atoms with Crippen LogP contribution in [-0.2, 0) is 35.1 Å². The lowest BCUT2D eigenvalue weighted by Crippen LogP contribution is -2.39. The highest BCUT2D eigenvalue weighted by Crippen LogP contribution is 2.29. The van der Waals surface area contributed by atoms with E-state index in [1.165, 1.54) is 42.4 Å². The lowest BCUT2D eigenvalue weighted by molar-refractivity contribution is -0.121. The van der Waals surface area contributed by atoms with Crippen molar-refractivity contribution in [3.63, 3.8) is 0 Å². The Bertz CT molecular complexity index is 1440. The zero-order valence-electron chi connectivity index (χ0n) is 18.0.